The molecular formula is C26H24ClN5O4. The number of hydrogen-bond donors (Lipinski definition) is 0. The van der Waals surface area contributed by atoms with E-state index in [0.717, 1.165) is 10.5 Å². The fourth-order valence-corrected chi connectivity index (χ4v) is 4.28. The van der Waals surface area contributed by atoms with Crippen LogP contribution in [-0.4, -0.2) is 40.6 Å². The van der Waals surface area contributed by atoms with Crippen LogP contribution in [0.15, 0.2) is 78.0 Å². The number of halogens is 1. The van der Waals surface area contributed by atoms with Crippen LogP contribution in [0.25, 0.3) is 10.4 Å². The molecule has 1 aliphatic rings. The Hall–Kier alpha value is -4.07. The van der Waals surface area contributed by atoms with Crippen molar-refractivity contribution in [3.8, 4) is 5.88 Å². The van der Waals surface area contributed by atoms with E-state index in [-0.39, 0.29) is 12.7 Å². The smallest absolute Gasteiger partial charge is 0.417 e. The maximum Gasteiger partial charge on any atom is 0.417 e. The fraction of sp³-hybridized carbons (Fsp3) is 0.269. The third-order valence-corrected chi connectivity index (χ3v) is 6.00. The molecule has 0 bridgehead atoms. The van der Waals surface area contributed by atoms with E-state index in [1.807, 2.05) is 44.2 Å². The van der Waals surface area contributed by atoms with Crippen LogP contribution in [-0.2, 0) is 9.53 Å². The molecular weight excluding hydrogens is 482 g/mol. The van der Waals surface area contributed by atoms with Crippen LogP contribution in [0.4, 0.5) is 4.79 Å². The van der Waals surface area contributed by atoms with Crippen LogP contribution in [0.1, 0.15) is 42.5 Å². The second kappa shape index (κ2) is 11.1. The highest BCUT2D eigenvalue weighted by Gasteiger charge is 2.44. The molecule has 1 unspecified atom stereocenters. The van der Waals surface area contributed by atoms with E-state index >= 15 is 0 Å². The minimum Gasteiger partial charge on any atom is -0.475 e. The Labute approximate surface area is 213 Å². The number of imide groups is 1. The molecule has 0 aliphatic carbocycles. The van der Waals surface area contributed by atoms with Gasteiger partial charge in [0, 0.05) is 28.1 Å². The molecule has 9 nitrogen and oxygen atoms in total. The van der Waals surface area contributed by atoms with Gasteiger partial charge in [-0.05, 0) is 48.2 Å². The molecule has 1 saturated heterocycles. The zero-order valence-electron chi connectivity index (χ0n) is 19.7. The number of aromatic nitrogens is 1. The molecule has 2 amide bonds. The molecule has 2 aromatic carbocycles. The van der Waals surface area contributed by atoms with Crippen LogP contribution in [0, 0.1) is 0 Å². The first-order valence-electron chi connectivity index (χ1n) is 11.4. The molecule has 184 valence electrons. The SMILES string of the molecule is CC(C)Oc1ccc([C@H](c2ccc(Cl)cc2)[C@H](N=[N+]=[N-])C(=O)N2C(=O)OCC2c2ccccc2)cn1. The molecule has 3 aromatic rings. The predicted octanol–water partition coefficient (Wildman–Crippen LogP) is 6.05. The van der Waals surface area contributed by atoms with Crippen LogP contribution in [0.5, 0.6) is 5.88 Å². The van der Waals surface area contributed by atoms with Crippen LogP contribution >= 0.6 is 11.6 Å². The van der Waals surface area contributed by atoms with Gasteiger partial charge in [-0.3, -0.25) is 4.79 Å². The number of carbonyl (C=O) groups is 2. The lowest BCUT2D eigenvalue weighted by atomic mass is 9.85. The van der Waals surface area contributed by atoms with Crippen molar-refractivity contribution in [2.75, 3.05) is 6.61 Å². The minimum absolute atomic E-state index is 0.00593. The molecule has 3 atom stereocenters. The number of pyridine rings is 1. The van der Waals surface area contributed by atoms with Crippen molar-refractivity contribution in [3.63, 3.8) is 0 Å². The second-order valence-corrected chi connectivity index (χ2v) is 8.92. The number of ether oxygens (including phenoxy) is 2. The summed E-state index contributed by atoms with van der Waals surface area (Å²) in [5.74, 6) is -1.01. The minimum atomic E-state index is -1.30. The summed E-state index contributed by atoms with van der Waals surface area (Å²) in [6.45, 7) is 3.79. The van der Waals surface area contributed by atoms with Gasteiger partial charge in [0.1, 0.15) is 18.7 Å². The zero-order valence-corrected chi connectivity index (χ0v) is 20.4. The lowest BCUT2D eigenvalue weighted by Gasteiger charge is -2.28. The average molecular weight is 506 g/mol. The van der Waals surface area contributed by atoms with Gasteiger partial charge in [0.05, 0.1) is 6.10 Å². The number of cyclic esters (lactones) is 1. The van der Waals surface area contributed by atoms with Gasteiger partial charge in [-0.2, -0.15) is 0 Å². The molecule has 1 aromatic heterocycles. The summed E-state index contributed by atoms with van der Waals surface area (Å²) in [5.41, 5.74) is 11.4. The lowest BCUT2D eigenvalue weighted by Crippen LogP contribution is -2.43. The van der Waals surface area contributed by atoms with Crippen molar-refractivity contribution in [1.29, 1.82) is 0 Å². The van der Waals surface area contributed by atoms with Crippen molar-refractivity contribution in [1.82, 2.24) is 9.88 Å². The zero-order chi connectivity index (χ0) is 25.7. The van der Waals surface area contributed by atoms with Gasteiger partial charge in [0.25, 0.3) is 0 Å². The second-order valence-electron chi connectivity index (χ2n) is 8.49. The van der Waals surface area contributed by atoms with Crippen molar-refractivity contribution in [2.45, 2.75) is 38.0 Å². The quantitative estimate of drug-likeness (QED) is 0.210. The Kier molecular flexibility index (Phi) is 7.73. The maximum absolute atomic E-state index is 13.9. The van der Waals surface area contributed by atoms with E-state index in [1.165, 1.54) is 0 Å². The number of rotatable bonds is 8. The average Bonchev–Trinajstić information content (AvgIpc) is 3.27. The standard InChI is InChI=1S/C26H24ClN5O4/c1-16(2)36-22-13-10-19(14-29-22)23(18-8-11-20(27)12-9-18)24(30-31-28)25(33)32-21(15-35-26(32)34)17-6-4-3-5-7-17/h3-14,16,21,23-24H,15H2,1-2H3/t21?,23-,24-/m0/s1. The van der Waals surface area contributed by atoms with Crippen LogP contribution in [0.2, 0.25) is 5.02 Å². The Morgan fingerprint density at radius 1 is 1.14 bits per heavy atom. The van der Waals surface area contributed by atoms with Crippen molar-refractivity contribution in [2.24, 2.45) is 5.11 Å². The summed E-state index contributed by atoms with van der Waals surface area (Å²) in [6, 6.07) is 17.4. The summed E-state index contributed by atoms with van der Waals surface area (Å²) in [6.07, 6.45) is 0.714. The van der Waals surface area contributed by atoms with Gasteiger partial charge < -0.3 is 9.47 Å². The van der Waals surface area contributed by atoms with E-state index in [9.17, 15) is 15.1 Å². The molecule has 0 spiro atoms. The number of azide groups is 1. The summed E-state index contributed by atoms with van der Waals surface area (Å²) in [7, 11) is 0. The Morgan fingerprint density at radius 3 is 2.44 bits per heavy atom. The molecule has 1 aliphatic heterocycles. The fourth-order valence-electron chi connectivity index (χ4n) is 4.16. The van der Waals surface area contributed by atoms with Crippen molar-refractivity contribution >= 4 is 23.6 Å². The van der Waals surface area contributed by atoms with Gasteiger partial charge in [-0.1, -0.05) is 65.2 Å². The normalized spacial score (nSPS) is 16.7. The third kappa shape index (κ3) is 5.43. The molecule has 1 fully saturated rings. The summed E-state index contributed by atoms with van der Waals surface area (Å²) >= 11 is 6.10. The molecule has 0 N–H and O–H groups in total. The first kappa shape index (κ1) is 25.0. The monoisotopic (exact) mass is 505 g/mol. The summed E-state index contributed by atoms with van der Waals surface area (Å²) in [5, 5.41) is 4.38. The molecule has 0 radical (unpaired) electrons. The maximum atomic E-state index is 13.9. The Bertz CT molecular complexity index is 1260. The van der Waals surface area contributed by atoms with E-state index in [4.69, 9.17) is 21.1 Å². The van der Waals surface area contributed by atoms with Gasteiger partial charge in [0.15, 0.2) is 0 Å². The van der Waals surface area contributed by atoms with Crippen molar-refractivity contribution in [3.05, 3.63) is 105 Å². The molecule has 10 heteroatoms. The molecule has 2 heterocycles. The topological polar surface area (TPSA) is 117 Å². The van der Waals surface area contributed by atoms with E-state index in [2.05, 4.69) is 15.0 Å². The largest absolute Gasteiger partial charge is 0.475 e. The predicted molar refractivity (Wildman–Crippen MR) is 134 cm³/mol. The molecule has 0 saturated carbocycles. The summed E-state index contributed by atoms with van der Waals surface area (Å²) in [4.78, 5) is 34.9. The number of amides is 2. The first-order valence-corrected chi connectivity index (χ1v) is 11.7. The molecule has 4 rings (SSSR count). The highest BCUT2D eigenvalue weighted by atomic mass is 35.5. The van der Waals surface area contributed by atoms with E-state index < -0.39 is 30.0 Å². The van der Waals surface area contributed by atoms with Gasteiger partial charge in [-0.15, -0.1) is 0 Å². The summed E-state index contributed by atoms with van der Waals surface area (Å²) < 4.78 is 10.9. The highest BCUT2D eigenvalue weighted by molar-refractivity contribution is 6.30. The number of benzene rings is 2. The number of nitrogens with zero attached hydrogens (tertiary/aromatic N) is 5. The number of carbonyl (C=O) groups excluding carboxylic acids is 2. The first-order chi connectivity index (χ1) is 17.4. The number of hydrogen-bond acceptors (Lipinski definition) is 6. The Morgan fingerprint density at radius 2 is 1.83 bits per heavy atom. The highest BCUT2D eigenvalue weighted by Crippen LogP contribution is 2.36. The third-order valence-electron chi connectivity index (χ3n) is 5.74. The molecule has 36 heavy (non-hydrogen) atoms. The van der Waals surface area contributed by atoms with Gasteiger partial charge >= 0.3 is 6.09 Å². The van der Waals surface area contributed by atoms with Gasteiger partial charge in [0.2, 0.25) is 11.8 Å². The van der Waals surface area contributed by atoms with E-state index in [0.29, 0.717) is 22.0 Å². The van der Waals surface area contributed by atoms with Gasteiger partial charge in [-0.25, -0.2) is 14.7 Å². The van der Waals surface area contributed by atoms with Crippen LogP contribution in [0.3, 0.4) is 0 Å². The van der Waals surface area contributed by atoms with E-state index in [1.54, 1.807) is 42.6 Å². The van der Waals surface area contributed by atoms with Crippen LogP contribution < -0.4 is 4.74 Å². The Balaban J connectivity index is 1.77. The lowest BCUT2D eigenvalue weighted by molar-refractivity contribution is -0.130. The van der Waals surface area contributed by atoms with Crippen molar-refractivity contribution < 1.29 is 19.1 Å².